The molecule has 0 saturated carbocycles. The third-order valence-electron chi connectivity index (χ3n) is 0.397. The van der Waals surface area contributed by atoms with Crippen LogP contribution in [0.15, 0.2) is 21.2 Å². The monoisotopic (exact) mass is 109 g/mol. The average molecular weight is 109 g/mol. The standard InChI is InChI=1S/C5H7N3/c1-6-3-4-8-5-7-2/h3,5H,1H2,2H3. The van der Waals surface area contributed by atoms with Gasteiger partial charge < -0.3 is 0 Å². The molecule has 0 spiro atoms. The van der Waals surface area contributed by atoms with Crippen molar-refractivity contribution in [1.82, 2.24) is 0 Å². The third-order valence-corrected chi connectivity index (χ3v) is 0.397. The molecular weight excluding hydrogens is 102 g/mol. The molecule has 0 aliphatic rings. The molecule has 0 aromatic rings. The van der Waals surface area contributed by atoms with Crippen molar-refractivity contribution < 1.29 is 0 Å². The lowest BCUT2D eigenvalue weighted by atomic mass is 11.0. The molecule has 0 atom stereocenters. The van der Waals surface area contributed by atoms with Crippen LogP contribution in [0.25, 0.3) is 0 Å². The molecule has 0 radical (unpaired) electrons. The summed E-state index contributed by atoms with van der Waals surface area (Å²) in [7, 11) is 1.63. The van der Waals surface area contributed by atoms with Crippen LogP contribution in [-0.4, -0.2) is 26.0 Å². The predicted molar refractivity (Wildman–Crippen MR) is 36.0 cm³/mol. The zero-order chi connectivity index (χ0) is 6.24. The van der Waals surface area contributed by atoms with Gasteiger partial charge in [0.15, 0.2) is 0 Å². The van der Waals surface area contributed by atoms with Gasteiger partial charge in [0.25, 0.3) is 0 Å². The van der Waals surface area contributed by atoms with Gasteiger partial charge in [-0.3, -0.25) is 9.98 Å². The molecule has 0 fully saturated rings. The molecule has 0 unspecified atom stereocenters. The molecule has 3 heteroatoms. The van der Waals surface area contributed by atoms with Gasteiger partial charge in [-0.1, -0.05) is 0 Å². The van der Waals surface area contributed by atoms with Crippen molar-refractivity contribution in [3.05, 3.63) is 6.20 Å². The normalized spacial score (nSPS) is 8.12. The molecule has 0 amide bonds. The van der Waals surface area contributed by atoms with Crippen LogP contribution in [0.1, 0.15) is 0 Å². The second-order valence-electron chi connectivity index (χ2n) is 0.944. The van der Waals surface area contributed by atoms with Crippen LogP contribution >= 0.6 is 0 Å². The molecule has 0 aliphatic heterocycles. The maximum absolute atomic E-state index is 3.57. The molecule has 0 rings (SSSR count). The Labute approximate surface area is 48.2 Å². The van der Waals surface area contributed by atoms with Crippen LogP contribution in [0.3, 0.4) is 0 Å². The van der Waals surface area contributed by atoms with Crippen molar-refractivity contribution in [3.63, 3.8) is 0 Å². The Morgan fingerprint density at radius 3 is 2.88 bits per heavy atom. The van der Waals surface area contributed by atoms with Crippen molar-refractivity contribution in [2.24, 2.45) is 15.0 Å². The molecule has 0 N–H and O–H groups in total. The fraction of sp³-hybridized carbons (Fsp3) is 0.200. The Morgan fingerprint density at radius 1 is 1.62 bits per heavy atom. The maximum Gasteiger partial charge on any atom is 0.119 e. The summed E-state index contributed by atoms with van der Waals surface area (Å²) < 4.78 is 0. The van der Waals surface area contributed by atoms with Crippen LogP contribution in [0.5, 0.6) is 0 Å². The number of hydrogen-bond acceptors (Lipinski definition) is 2. The summed E-state index contributed by atoms with van der Waals surface area (Å²) in [5.41, 5.74) is 0. The Kier molecular flexibility index (Phi) is 4.91. The summed E-state index contributed by atoms with van der Waals surface area (Å²) in [6, 6.07) is 0. The number of rotatable bonds is 2. The van der Waals surface area contributed by atoms with Gasteiger partial charge in [0.05, 0.1) is 6.20 Å². The first kappa shape index (κ1) is 6.79. The van der Waals surface area contributed by atoms with Crippen LogP contribution < -0.4 is 0 Å². The van der Waals surface area contributed by atoms with Crippen LogP contribution in [0.4, 0.5) is 0 Å². The molecule has 42 valence electrons. The quantitative estimate of drug-likeness (QED) is 0.366. The highest BCUT2D eigenvalue weighted by Gasteiger charge is 1.51. The van der Waals surface area contributed by atoms with Crippen LogP contribution in [0, 0.1) is 0 Å². The van der Waals surface area contributed by atoms with E-state index in [-0.39, 0.29) is 0 Å². The van der Waals surface area contributed by atoms with E-state index in [0.717, 1.165) is 0 Å². The molecule has 0 saturated heterocycles. The van der Waals surface area contributed by atoms with Gasteiger partial charge in [-0.2, -0.15) is 4.99 Å². The largest absolute Gasteiger partial charge is 0.276 e. The van der Waals surface area contributed by atoms with Gasteiger partial charge >= 0.3 is 0 Å². The van der Waals surface area contributed by atoms with Gasteiger partial charge in [0.2, 0.25) is 0 Å². The second kappa shape index (κ2) is 5.79. The van der Waals surface area contributed by atoms with Crippen molar-refractivity contribution >= 4 is 18.9 Å². The zero-order valence-corrected chi connectivity index (χ0v) is 4.70. The Hall–Kier alpha value is -1.21. The minimum absolute atomic E-state index is 1.36. The minimum Gasteiger partial charge on any atom is -0.276 e. The fourth-order valence-electron chi connectivity index (χ4n) is 0.165. The first-order valence-electron chi connectivity index (χ1n) is 2.05. The Balaban J connectivity index is 3.63. The predicted octanol–water partition coefficient (Wildman–Crippen LogP) is 0.528. The van der Waals surface area contributed by atoms with Gasteiger partial charge in [0, 0.05) is 12.9 Å². The molecule has 8 heavy (non-hydrogen) atoms. The molecule has 0 aromatic heterocycles. The summed E-state index contributed by atoms with van der Waals surface area (Å²) >= 11 is 0. The molecule has 0 heterocycles. The molecule has 0 aromatic carbocycles. The molecule has 0 bridgehead atoms. The van der Waals surface area contributed by atoms with E-state index in [1.54, 1.807) is 7.05 Å². The lowest BCUT2D eigenvalue weighted by molar-refractivity contribution is 1.45. The van der Waals surface area contributed by atoms with E-state index in [1.165, 1.54) is 12.5 Å². The topological polar surface area (TPSA) is 37.1 Å². The minimum atomic E-state index is 1.36. The second-order valence-corrected chi connectivity index (χ2v) is 0.944. The Bertz CT molecular complexity index is 140. The summed E-state index contributed by atoms with van der Waals surface area (Å²) in [4.78, 5) is 10.5. The SMILES string of the molecule is C=NC=C=NC=NC. The van der Waals surface area contributed by atoms with E-state index in [2.05, 4.69) is 27.6 Å². The van der Waals surface area contributed by atoms with E-state index in [1.807, 2.05) is 0 Å². The van der Waals surface area contributed by atoms with Gasteiger partial charge in [-0.15, -0.1) is 0 Å². The first-order valence-corrected chi connectivity index (χ1v) is 2.05. The van der Waals surface area contributed by atoms with E-state index in [4.69, 9.17) is 0 Å². The summed E-state index contributed by atoms with van der Waals surface area (Å²) in [5.74, 6) is 2.46. The van der Waals surface area contributed by atoms with E-state index in [0.29, 0.717) is 0 Å². The van der Waals surface area contributed by atoms with E-state index >= 15 is 0 Å². The number of nitrogens with zero attached hydrogens (tertiary/aromatic N) is 3. The van der Waals surface area contributed by atoms with Crippen molar-refractivity contribution in [2.75, 3.05) is 7.05 Å². The highest BCUT2D eigenvalue weighted by Crippen LogP contribution is 1.57. The average Bonchev–Trinajstić information content (AvgIpc) is 1.81. The Morgan fingerprint density at radius 2 is 2.38 bits per heavy atom. The van der Waals surface area contributed by atoms with Crippen molar-refractivity contribution in [3.8, 4) is 0 Å². The van der Waals surface area contributed by atoms with E-state index < -0.39 is 0 Å². The number of hydrogen-bond donors (Lipinski definition) is 0. The summed E-state index contributed by atoms with van der Waals surface area (Å²) in [6.07, 6.45) is 2.74. The molecule has 3 nitrogen and oxygen atoms in total. The highest BCUT2D eigenvalue weighted by atomic mass is 14.8. The van der Waals surface area contributed by atoms with Gasteiger partial charge in [0.1, 0.15) is 6.34 Å². The summed E-state index contributed by atoms with van der Waals surface area (Å²) in [5, 5.41) is 0. The maximum atomic E-state index is 3.57. The summed E-state index contributed by atoms with van der Waals surface area (Å²) in [6.45, 7) is 3.19. The lowest BCUT2D eigenvalue weighted by Crippen LogP contribution is -1.60. The van der Waals surface area contributed by atoms with Crippen LogP contribution in [-0.2, 0) is 0 Å². The fourth-order valence-corrected chi connectivity index (χ4v) is 0.165. The lowest BCUT2D eigenvalue weighted by Gasteiger charge is -1.63. The van der Waals surface area contributed by atoms with Crippen molar-refractivity contribution in [1.29, 1.82) is 0 Å². The van der Waals surface area contributed by atoms with Crippen molar-refractivity contribution in [2.45, 2.75) is 0 Å². The number of aliphatic imine (C=N–C) groups is 3. The highest BCUT2D eigenvalue weighted by molar-refractivity contribution is 5.69. The first-order chi connectivity index (χ1) is 3.91. The van der Waals surface area contributed by atoms with Gasteiger partial charge in [-0.05, 0) is 6.72 Å². The molecule has 0 aliphatic carbocycles. The zero-order valence-electron chi connectivity index (χ0n) is 4.70. The smallest absolute Gasteiger partial charge is 0.119 e. The molecular formula is C5H7N3. The van der Waals surface area contributed by atoms with Crippen LogP contribution in [0.2, 0.25) is 0 Å². The van der Waals surface area contributed by atoms with E-state index in [9.17, 15) is 0 Å². The van der Waals surface area contributed by atoms with Gasteiger partial charge in [-0.25, -0.2) is 0 Å². The third kappa shape index (κ3) is 4.79.